The summed E-state index contributed by atoms with van der Waals surface area (Å²) in [6.45, 7) is 1.89. The van der Waals surface area contributed by atoms with Crippen LogP contribution in [0.5, 0.6) is 0 Å². The van der Waals surface area contributed by atoms with E-state index in [9.17, 15) is 13.2 Å². The predicted molar refractivity (Wildman–Crippen MR) is 86.2 cm³/mol. The maximum absolute atomic E-state index is 14.9. The first-order valence-electron chi connectivity index (χ1n) is 7.68. The van der Waals surface area contributed by atoms with Crippen LogP contribution in [0.1, 0.15) is 16.7 Å². The molecule has 1 nitrogen and oxygen atoms in total. The minimum absolute atomic E-state index is 0.00799. The van der Waals surface area contributed by atoms with Crippen molar-refractivity contribution < 1.29 is 17.7 Å². The topological polar surface area (TPSA) is 3.88 Å². The van der Waals surface area contributed by atoms with E-state index < -0.39 is 5.92 Å². The van der Waals surface area contributed by atoms with Crippen LogP contribution < -0.4 is 4.57 Å². The Kier molecular flexibility index (Phi) is 3.07. The summed E-state index contributed by atoms with van der Waals surface area (Å²) in [6.07, 6.45) is 1.35. The Labute approximate surface area is 138 Å². The summed E-state index contributed by atoms with van der Waals surface area (Å²) in [5.74, 6) is -3.38. The van der Waals surface area contributed by atoms with Crippen LogP contribution in [0.3, 0.4) is 0 Å². The van der Waals surface area contributed by atoms with Crippen LogP contribution in [0.4, 0.5) is 13.2 Å². The van der Waals surface area contributed by atoms with E-state index >= 15 is 0 Å². The van der Waals surface area contributed by atoms with E-state index in [0.717, 1.165) is 11.1 Å². The van der Waals surface area contributed by atoms with Crippen LogP contribution in [0, 0.1) is 12.7 Å². The molecule has 0 unspecified atom stereocenters. The Morgan fingerprint density at radius 1 is 0.875 bits per heavy atom. The Morgan fingerprint density at radius 2 is 1.62 bits per heavy atom. The molecule has 4 heteroatoms. The van der Waals surface area contributed by atoms with Crippen molar-refractivity contribution >= 4 is 0 Å². The molecule has 0 N–H and O–H groups in total. The van der Waals surface area contributed by atoms with E-state index in [2.05, 4.69) is 0 Å². The Balaban J connectivity index is 2.12. The van der Waals surface area contributed by atoms with Gasteiger partial charge in [-0.15, -0.1) is 0 Å². The number of hydrogen-bond acceptors (Lipinski definition) is 0. The van der Waals surface area contributed by atoms with Crippen molar-refractivity contribution in [2.75, 3.05) is 0 Å². The van der Waals surface area contributed by atoms with Gasteiger partial charge >= 0.3 is 0 Å². The van der Waals surface area contributed by atoms with Gasteiger partial charge in [-0.05, 0) is 24.1 Å². The van der Waals surface area contributed by atoms with Gasteiger partial charge in [-0.1, -0.05) is 36.4 Å². The molecular weight excluding hydrogens is 311 g/mol. The normalized spacial score (nSPS) is 14.4. The summed E-state index contributed by atoms with van der Waals surface area (Å²) in [5, 5.41) is 0. The number of halogens is 3. The fraction of sp³-hybridized carbons (Fsp3) is 0.150. The molecule has 2 aromatic carbocycles. The maximum Gasteiger partial charge on any atom is 0.299 e. The SMILES string of the molecule is Cc1ccc2c(c1-c1ccc(F)c[n+]1C)-c1ccccc1C2(F)F. The van der Waals surface area contributed by atoms with Crippen LogP contribution in [0.25, 0.3) is 22.4 Å². The summed E-state index contributed by atoms with van der Waals surface area (Å²) >= 11 is 0. The number of pyridine rings is 1. The second kappa shape index (κ2) is 4.94. The highest BCUT2D eigenvalue weighted by Gasteiger charge is 2.46. The summed E-state index contributed by atoms with van der Waals surface area (Å²) in [5.41, 5.74) is 3.42. The second-order valence-corrected chi connectivity index (χ2v) is 6.14. The lowest BCUT2D eigenvalue weighted by Gasteiger charge is -2.14. The minimum Gasteiger partial charge on any atom is -0.200 e. The lowest BCUT2D eigenvalue weighted by atomic mass is 9.92. The summed E-state index contributed by atoms with van der Waals surface area (Å²) < 4.78 is 44.8. The van der Waals surface area contributed by atoms with Gasteiger partial charge in [-0.25, -0.2) is 4.39 Å². The lowest BCUT2D eigenvalue weighted by molar-refractivity contribution is -0.661. The standard InChI is InChI=1S/C20H15F3N/c1-12-7-9-16-19(14-5-3-4-6-15(14)20(16,22)23)18(12)17-10-8-13(21)11-24(17)2/h3-11H,1-2H3/q+1. The van der Waals surface area contributed by atoms with Gasteiger partial charge in [0.05, 0.1) is 5.56 Å². The molecule has 1 aliphatic rings. The van der Waals surface area contributed by atoms with Gasteiger partial charge < -0.3 is 0 Å². The number of alkyl halides is 2. The van der Waals surface area contributed by atoms with E-state index in [1.165, 1.54) is 24.4 Å². The van der Waals surface area contributed by atoms with Gasteiger partial charge in [-0.3, -0.25) is 0 Å². The van der Waals surface area contributed by atoms with E-state index in [0.29, 0.717) is 16.8 Å². The van der Waals surface area contributed by atoms with E-state index in [-0.39, 0.29) is 16.9 Å². The van der Waals surface area contributed by atoms with Crippen LogP contribution in [-0.4, -0.2) is 0 Å². The van der Waals surface area contributed by atoms with Gasteiger partial charge in [0.2, 0.25) is 11.9 Å². The quantitative estimate of drug-likeness (QED) is 0.568. The van der Waals surface area contributed by atoms with Crippen LogP contribution >= 0.6 is 0 Å². The number of aryl methyl sites for hydroxylation is 2. The maximum atomic E-state index is 14.9. The first kappa shape index (κ1) is 14.9. The van der Waals surface area contributed by atoms with Crippen molar-refractivity contribution in [3.05, 3.63) is 77.2 Å². The van der Waals surface area contributed by atoms with Crippen molar-refractivity contribution in [2.24, 2.45) is 7.05 Å². The van der Waals surface area contributed by atoms with Crippen LogP contribution in [0.2, 0.25) is 0 Å². The van der Waals surface area contributed by atoms with E-state index in [4.69, 9.17) is 0 Å². The largest absolute Gasteiger partial charge is 0.299 e. The predicted octanol–water partition coefficient (Wildman–Crippen LogP) is 4.75. The number of rotatable bonds is 1. The highest BCUT2D eigenvalue weighted by atomic mass is 19.3. The van der Waals surface area contributed by atoms with Crippen LogP contribution in [-0.2, 0) is 13.0 Å². The molecule has 1 heterocycles. The minimum atomic E-state index is -3.02. The van der Waals surface area contributed by atoms with Gasteiger partial charge in [0.1, 0.15) is 7.05 Å². The lowest BCUT2D eigenvalue weighted by Crippen LogP contribution is -2.31. The summed E-state index contributed by atoms with van der Waals surface area (Å²) in [4.78, 5) is 0. The summed E-state index contributed by atoms with van der Waals surface area (Å²) in [6, 6.07) is 12.8. The number of nitrogens with zero attached hydrogens (tertiary/aromatic N) is 1. The molecule has 0 spiro atoms. The third-order valence-electron chi connectivity index (χ3n) is 4.64. The smallest absolute Gasteiger partial charge is 0.200 e. The van der Waals surface area contributed by atoms with Crippen molar-refractivity contribution in [3.8, 4) is 22.4 Å². The molecule has 0 saturated heterocycles. The van der Waals surface area contributed by atoms with E-state index in [1.807, 2.05) is 6.92 Å². The molecule has 24 heavy (non-hydrogen) atoms. The second-order valence-electron chi connectivity index (χ2n) is 6.14. The van der Waals surface area contributed by atoms with Crippen molar-refractivity contribution in [2.45, 2.75) is 12.8 Å². The molecule has 1 aromatic heterocycles. The van der Waals surface area contributed by atoms with Crippen molar-refractivity contribution in [1.82, 2.24) is 0 Å². The molecule has 0 amide bonds. The van der Waals surface area contributed by atoms with Crippen molar-refractivity contribution in [3.63, 3.8) is 0 Å². The Morgan fingerprint density at radius 3 is 2.38 bits per heavy atom. The Hall–Kier alpha value is -2.62. The molecule has 0 aliphatic heterocycles. The average molecular weight is 326 g/mol. The molecule has 0 fully saturated rings. The third kappa shape index (κ3) is 1.92. The molecule has 0 bridgehead atoms. The number of benzene rings is 2. The highest BCUT2D eigenvalue weighted by molar-refractivity contribution is 5.91. The number of aromatic nitrogens is 1. The molecule has 0 saturated carbocycles. The molecule has 120 valence electrons. The van der Waals surface area contributed by atoms with Crippen molar-refractivity contribution in [1.29, 1.82) is 0 Å². The molecule has 1 aliphatic carbocycles. The molecule has 0 atom stereocenters. The van der Waals surface area contributed by atoms with Gasteiger partial charge in [0, 0.05) is 22.8 Å². The van der Waals surface area contributed by atoms with Gasteiger partial charge in [0.25, 0.3) is 5.92 Å². The molecule has 3 aromatic rings. The number of hydrogen-bond donors (Lipinski definition) is 0. The zero-order chi connectivity index (χ0) is 17.1. The molecule has 0 radical (unpaired) electrons. The zero-order valence-electron chi connectivity index (χ0n) is 13.3. The number of fused-ring (bicyclic) bond motifs is 3. The van der Waals surface area contributed by atoms with Gasteiger partial charge in [0.15, 0.2) is 5.82 Å². The first-order valence-corrected chi connectivity index (χ1v) is 7.68. The zero-order valence-corrected chi connectivity index (χ0v) is 13.3. The highest BCUT2D eigenvalue weighted by Crippen LogP contribution is 2.54. The Bertz CT molecular complexity index is 977. The summed E-state index contributed by atoms with van der Waals surface area (Å²) in [7, 11) is 1.72. The van der Waals surface area contributed by atoms with Crippen LogP contribution in [0.15, 0.2) is 54.7 Å². The molecular formula is C20H15F3N+. The molecule has 4 rings (SSSR count). The average Bonchev–Trinajstić information content (AvgIpc) is 2.77. The van der Waals surface area contributed by atoms with Gasteiger partial charge in [-0.2, -0.15) is 13.3 Å². The third-order valence-corrected chi connectivity index (χ3v) is 4.64. The first-order chi connectivity index (χ1) is 11.4. The van der Waals surface area contributed by atoms with E-state index in [1.54, 1.807) is 41.9 Å². The fourth-order valence-corrected chi connectivity index (χ4v) is 3.53. The fourth-order valence-electron chi connectivity index (χ4n) is 3.53. The monoisotopic (exact) mass is 326 g/mol.